The molecule has 0 unspecified atom stereocenters. The first-order valence-corrected chi connectivity index (χ1v) is 19.3. The second-order valence-electron chi connectivity index (χ2n) is 14.3. The normalized spacial score (nSPS) is 13.9. The summed E-state index contributed by atoms with van der Waals surface area (Å²) < 4.78 is 0. The van der Waals surface area contributed by atoms with Crippen LogP contribution in [-0.2, 0) is 52.8 Å². The molecule has 0 fully saturated rings. The molecule has 0 saturated heterocycles. The third-order valence-corrected chi connectivity index (χ3v) is 9.43. The SMILES string of the molecule is CC(=O)N[C@@H](C)C(=O)N[C@@H](C)C(=O)N[C@@H](Cc1cnc[nH]1)C(=O)N[C@H](Cc1ccccc1)C(=O)N[C@@H](CCCN=C(N)N)C(=O)N[C@@H](Cc1c[nH]c2ccccc12)C(N)=O. The van der Waals surface area contributed by atoms with E-state index in [1.54, 1.807) is 36.5 Å². The number of aromatic amines is 2. The highest BCUT2D eigenvalue weighted by atomic mass is 16.2. The number of nitrogens with zero attached hydrogens (tertiary/aromatic N) is 2. The van der Waals surface area contributed by atoms with E-state index in [1.165, 1.54) is 33.3 Å². The second-order valence-corrected chi connectivity index (χ2v) is 14.3. The van der Waals surface area contributed by atoms with Crippen LogP contribution in [0.4, 0.5) is 0 Å². The summed E-state index contributed by atoms with van der Waals surface area (Å²) in [5.41, 5.74) is 19.5. The summed E-state index contributed by atoms with van der Waals surface area (Å²) in [6.07, 6.45) is 4.81. The Labute approximate surface area is 346 Å². The molecule has 4 aromatic rings. The van der Waals surface area contributed by atoms with Gasteiger partial charge in [-0.05, 0) is 43.9 Å². The predicted octanol–water partition coefficient (Wildman–Crippen LogP) is -1.57. The fourth-order valence-corrected chi connectivity index (χ4v) is 6.29. The Hall–Kier alpha value is -7.25. The minimum atomic E-state index is -1.29. The zero-order chi connectivity index (χ0) is 43.8. The van der Waals surface area contributed by atoms with Crippen LogP contribution < -0.4 is 49.1 Å². The van der Waals surface area contributed by atoms with Crippen LogP contribution in [0.5, 0.6) is 0 Å². The van der Waals surface area contributed by atoms with Crippen molar-refractivity contribution in [1.82, 2.24) is 46.9 Å². The molecule has 2 heterocycles. The molecular formula is C40H53N13O7. The summed E-state index contributed by atoms with van der Waals surface area (Å²) in [5.74, 6) is -4.97. The van der Waals surface area contributed by atoms with Crippen molar-refractivity contribution in [3.63, 3.8) is 0 Å². The van der Waals surface area contributed by atoms with Gasteiger partial charge in [0, 0.05) is 61.7 Å². The van der Waals surface area contributed by atoms with E-state index in [0.717, 1.165) is 16.5 Å². The average molecular weight is 828 g/mol. The Morgan fingerprint density at radius 2 is 1.25 bits per heavy atom. The van der Waals surface area contributed by atoms with E-state index in [9.17, 15) is 33.6 Å². The number of aliphatic imine (C=N–C) groups is 1. The maximum absolute atomic E-state index is 14.2. The van der Waals surface area contributed by atoms with Crippen molar-refractivity contribution in [3.05, 3.63) is 90.1 Å². The third kappa shape index (κ3) is 14.0. The van der Waals surface area contributed by atoms with Crippen LogP contribution in [0.2, 0.25) is 0 Å². The van der Waals surface area contributed by atoms with Gasteiger partial charge in [0.15, 0.2) is 5.96 Å². The minimum absolute atomic E-state index is 0.0244. The van der Waals surface area contributed by atoms with Gasteiger partial charge in [-0.3, -0.25) is 38.6 Å². The fourth-order valence-electron chi connectivity index (χ4n) is 6.29. The number of aromatic nitrogens is 3. The van der Waals surface area contributed by atoms with Gasteiger partial charge >= 0.3 is 0 Å². The number of carbonyl (C=O) groups excluding carboxylic acids is 7. The highest BCUT2D eigenvalue weighted by molar-refractivity contribution is 5.97. The summed E-state index contributed by atoms with van der Waals surface area (Å²) in [6, 6.07) is 9.22. The monoisotopic (exact) mass is 827 g/mol. The second kappa shape index (κ2) is 22.0. The summed E-state index contributed by atoms with van der Waals surface area (Å²) in [6.45, 7) is 4.24. The number of nitrogens with two attached hydrogens (primary N) is 3. The van der Waals surface area contributed by atoms with Gasteiger partial charge in [-0.1, -0.05) is 48.5 Å². The number of para-hydroxylation sites is 1. The van der Waals surface area contributed by atoms with Crippen LogP contribution in [-0.4, -0.2) is 105 Å². The minimum Gasteiger partial charge on any atom is -0.370 e. The van der Waals surface area contributed by atoms with E-state index in [2.05, 4.69) is 51.8 Å². The number of guanidine groups is 1. The molecule has 6 atom stereocenters. The number of H-pyrrole nitrogens is 2. The molecule has 0 aliphatic rings. The number of fused-ring (bicyclic) bond motifs is 1. The average Bonchev–Trinajstić information content (AvgIpc) is 3.88. The van der Waals surface area contributed by atoms with Gasteiger partial charge in [0.05, 0.1) is 6.33 Å². The smallest absolute Gasteiger partial charge is 0.243 e. The highest BCUT2D eigenvalue weighted by Crippen LogP contribution is 2.19. The van der Waals surface area contributed by atoms with Gasteiger partial charge in [-0.2, -0.15) is 0 Å². The molecule has 2 aromatic carbocycles. The van der Waals surface area contributed by atoms with Crippen LogP contribution >= 0.6 is 0 Å². The van der Waals surface area contributed by atoms with Crippen LogP contribution in [0.3, 0.4) is 0 Å². The number of amides is 7. The van der Waals surface area contributed by atoms with Gasteiger partial charge in [0.2, 0.25) is 41.4 Å². The molecule has 4 rings (SSSR count). The van der Waals surface area contributed by atoms with Gasteiger partial charge in [-0.25, -0.2) is 4.98 Å². The van der Waals surface area contributed by atoms with Gasteiger partial charge in [0.1, 0.15) is 36.3 Å². The molecule has 7 amide bonds. The largest absolute Gasteiger partial charge is 0.370 e. The molecule has 20 nitrogen and oxygen atoms in total. The lowest BCUT2D eigenvalue weighted by Crippen LogP contribution is -2.60. The Morgan fingerprint density at radius 3 is 1.90 bits per heavy atom. The fraction of sp³-hybridized carbons (Fsp3) is 0.375. The molecule has 320 valence electrons. The van der Waals surface area contributed by atoms with Crippen molar-refractivity contribution < 1.29 is 33.6 Å². The first-order chi connectivity index (χ1) is 28.6. The predicted molar refractivity (Wildman–Crippen MR) is 222 cm³/mol. The lowest BCUT2D eigenvalue weighted by atomic mass is 10.0. The van der Waals surface area contributed by atoms with E-state index in [4.69, 9.17) is 17.2 Å². The topological polar surface area (TPSA) is 327 Å². The van der Waals surface area contributed by atoms with Crippen molar-refractivity contribution >= 4 is 58.2 Å². The zero-order valence-corrected chi connectivity index (χ0v) is 33.6. The molecule has 20 heteroatoms. The maximum atomic E-state index is 14.2. The number of hydrogen-bond acceptors (Lipinski definition) is 9. The Bertz CT molecular complexity index is 2130. The van der Waals surface area contributed by atoms with E-state index >= 15 is 0 Å². The first kappa shape index (κ1) is 45.5. The summed E-state index contributed by atoms with van der Waals surface area (Å²) in [4.78, 5) is 106. The molecule has 0 radical (unpaired) electrons. The van der Waals surface area contributed by atoms with Crippen molar-refractivity contribution in [3.8, 4) is 0 Å². The molecule has 0 aliphatic carbocycles. The van der Waals surface area contributed by atoms with Crippen molar-refractivity contribution in [2.45, 2.75) is 89.1 Å². The lowest BCUT2D eigenvalue weighted by Gasteiger charge is -2.27. The molecule has 2 aromatic heterocycles. The Morgan fingerprint density at radius 1 is 0.667 bits per heavy atom. The molecule has 0 bridgehead atoms. The van der Waals surface area contributed by atoms with E-state index in [-0.39, 0.29) is 44.6 Å². The molecule has 0 saturated carbocycles. The Balaban J connectivity index is 1.57. The number of rotatable bonds is 22. The van der Waals surface area contributed by atoms with E-state index in [1.807, 2.05) is 24.3 Å². The number of carbonyl (C=O) groups is 7. The number of hydrogen-bond donors (Lipinski definition) is 11. The van der Waals surface area contributed by atoms with Crippen LogP contribution in [0.25, 0.3) is 10.9 Å². The van der Waals surface area contributed by atoms with E-state index < -0.39 is 77.6 Å². The summed E-state index contributed by atoms with van der Waals surface area (Å²) in [5, 5.41) is 16.6. The standard InChI is InChI=1S/C40H53N13O7/c1-22(48-24(3)54)35(56)49-23(2)36(57)52-33(18-27-20-44-21-47-27)39(60)53-32(16-25-10-5-4-6-11-25)38(59)50-30(14-9-15-45-40(42)43)37(58)51-31(34(41)55)17-26-19-46-29-13-8-7-12-28(26)29/h4-8,10-13,19-23,30-33,46H,9,14-18H2,1-3H3,(H2,41,55)(H,44,47)(H,48,54)(H,49,56)(H,50,59)(H,51,58)(H,52,57)(H,53,60)(H4,42,43,45)/t22-,23-,30-,31-,32+,33-/m0/s1. The van der Waals surface area contributed by atoms with E-state index in [0.29, 0.717) is 11.3 Å². The molecular weight excluding hydrogens is 775 g/mol. The molecule has 0 aliphatic heterocycles. The molecule has 60 heavy (non-hydrogen) atoms. The zero-order valence-electron chi connectivity index (χ0n) is 33.6. The maximum Gasteiger partial charge on any atom is 0.243 e. The number of imidazole rings is 1. The van der Waals surface area contributed by atoms with Crippen molar-refractivity contribution in [1.29, 1.82) is 0 Å². The first-order valence-electron chi connectivity index (χ1n) is 19.3. The van der Waals surface area contributed by atoms with Crippen LogP contribution in [0, 0.1) is 0 Å². The van der Waals surface area contributed by atoms with Crippen molar-refractivity contribution in [2.75, 3.05) is 6.54 Å². The quantitative estimate of drug-likeness (QED) is 0.0246. The van der Waals surface area contributed by atoms with Crippen LogP contribution in [0.1, 0.15) is 50.4 Å². The van der Waals surface area contributed by atoms with Gasteiger partial charge in [-0.15, -0.1) is 0 Å². The highest BCUT2D eigenvalue weighted by Gasteiger charge is 2.33. The number of nitrogens with one attached hydrogen (secondary N) is 8. The van der Waals surface area contributed by atoms with Gasteiger partial charge in [0.25, 0.3) is 0 Å². The number of benzene rings is 2. The molecule has 14 N–H and O–H groups in total. The summed E-state index contributed by atoms with van der Waals surface area (Å²) in [7, 11) is 0. The number of primary amides is 1. The molecule has 0 spiro atoms. The summed E-state index contributed by atoms with van der Waals surface area (Å²) >= 11 is 0. The lowest BCUT2D eigenvalue weighted by molar-refractivity contribution is -0.135. The van der Waals surface area contributed by atoms with Crippen LogP contribution in [0.15, 0.2) is 78.3 Å². The Kier molecular flexibility index (Phi) is 16.7. The third-order valence-electron chi connectivity index (χ3n) is 9.43. The van der Waals surface area contributed by atoms with Crippen molar-refractivity contribution in [2.24, 2.45) is 22.2 Å². The van der Waals surface area contributed by atoms with Gasteiger partial charge < -0.3 is 59.1 Å².